The summed E-state index contributed by atoms with van der Waals surface area (Å²) < 4.78 is 0. The second-order valence-electron chi connectivity index (χ2n) is 3.32. The number of hydrogen-bond acceptors (Lipinski definition) is 6. The second kappa shape index (κ2) is 5.83. The number of nitrogens with zero attached hydrogens (tertiary/aromatic N) is 1. The lowest BCUT2D eigenvalue weighted by Gasteiger charge is -2.18. The first kappa shape index (κ1) is 13.0. The van der Waals surface area contributed by atoms with E-state index in [1.165, 1.54) is 19.3 Å². The van der Waals surface area contributed by atoms with Gasteiger partial charge in [0.25, 0.3) is 0 Å². The first-order valence-electron chi connectivity index (χ1n) is 4.71. The van der Waals surface area contributed by atoms with Crippen molar-refractivity contribution in [3.05, 3.63) is 24.0 Å². The third kappa shape index (κ3) is 3.48. The minimum absolute atomic E-state index is 0.103. The predicted octanol–water partition coefficient (Wildman–Crippen LogP) is 0.338. The highest BCUT2D eigenvalue weighted by molar-refractivity contribution is 8.13. The molecule has 1 aromatic rings. The third-order valence-electron chi connectivity index (χ3n) is 2.03. The van der Waals surface area contributed by atoms with E-state index in [1.54, 1.807) is 6.07 Å². The van der Waals surface area contributed by atoms with Crippen molar-refractivity contribution in [3.63, 3.8) is 0 Å². The summed E-state index contributed by atoms with van der Waals surface area (Å²) in [6, 6.07) is 1.54. The monoisotopic (exact) mass is 242 g/mol. The number of pyridine rings is 1. The Morgan fingerprint density at radius 2 is 2.31 bits per heavy atom. The zero-order valence-corrected chi connectivity index (χ0v) is 9.65. The van der Waals surface area contributed by atoms with Gasteiger partial charge in [-0.1, -0.05) is 11.8 Å². The van der Waals surface area contributed by atoms with Crippen LogP contribution in [0.25, 0.3) is 0 Å². The van der Waals surface area contributed by atoms with E-state index in [-0.39, 0.29) is 10.9 Å². The van der Waals surface area contributed by atoms with Crippen LogP contribution in [-0.2, 0) is 4.79 Å². The van der Waals surface area contributed by atoms with Gasteiger partial charge in [-0.05, 0) is 6.07 Å². The van der Waals surface area contributed by atoms with Crippen LogP contribution in [0.2, 0.25) is 0 Å². The molecule has 0 radical (unpaired) electrons. The molecule has 0 aromatic carbocycles. The van der Waals surface area contributed by atoms with Crippen molar-refractivity contribution in [1.29, 1.82) is 0 Å². The minimum atomic E-state index is -1.10. The van der Waals surface area contributed by atoms with Crippen molar-refractivity contribution in [3.8, 4) is 0 Å². The fraction of sp³-hybridized carbons (Fsp3) is 0.400. The highest BCUT2D eigenvalue weighted by Gasteiger charge is 2.20. The van der Waals surface area contributed by atoms with Crippen molar-refractivity contribution in [2.75, 3.05) is 11.5 Å². The van der Waals surface area contributed by atoms with Crippen molar-refractivity contribution >= 4 is 22.6 Å². The molecule has 1 aromatic heterocycles. The van der Waals surface area contributed by atoms with E-state index in [2.05, 4.69) is 4.98 Å². The van der Waals surface area contributed by atoms with E-state index in [0.717, 1.165) is 11.8 Å². The average molecular weight is 242 g/mol. The molecule has 1 rings (SSSR count). The molecule has 1 heterocycles. The Kier molecular flexibility index (Phi) is 4.72. The van der Waals surface area contributed by atoms with Crippen molar-refractivity contribution in [2.24, 2.45) is 0 Å². The Balaban J connectivity index is 2.66. The number of aliphatic hydroxyl groups excluding tert-OH is 2. The summed E-state index contributed by atoms with van der Waals surface area (Å²) >= 11 is 0.963. The van der Waals surface area contributed by atoms with Crippen LogP contribution in [0.3, 0.4) is 0 Å². The molecule has 0 saturated carbocycles. The number of hydrogen-bond donors (Lipinski definition) is 3. The van der Waals surface area contributed by atoms with Gasteiger partial charge in [0.05, 0.1) is 18.0 Å². The normalized spacial score (nSPS) is 14.4. The van der Waals surface area contributed by atoms with Gasteiger partial charge in [-0.15, -0.1) is 0 Å². The van der Waals surface area contributed by atoms with Gasteiger partial charge in [-0.25, -0.2) is 0 Å². The molecule has 0 aliphatic heterocycles. The van der Waals surface area contributed by atoms with Crippen molar-refractivity contribution < 1.29 is 15.0 Å². The second-order valence-corrected chi connectivity index (χ2v) is 4.52. The number of aromatic nitrogens is 1. The lowest BCUT2D eigenvalue weighted by Crippen LogP contribution is -2.22. The van der Waals surface area contributed by atoms with Gasteiger partial charge < -0.3 is 15.9 Å². The number of carbonyl (C=O) groups excluding carboxylic acids is 1. The molecule has 2 atom stereocenters. The SMILES string of the molecule is CC(=O)SCC(O)C(O)c1ccncc1N. The van der Waals surface area contributed by atoms with Crippen molar-refractivity contribution in [2.45, 2.75) is 19.1 Å². The first-order chi connectivity index (χ1) is 7.52. The summed E-state index contributed by atoms with van der Waals surface area (Å²) in [5.41, 5.74) is 6.35. The Hall–Kier alpha value is -1.11. The largest absolute Gasteiger partial charge is 0.397 e. The zero-order valence-electron chi connectivity index (χ0n) is 8.83. The molecule has 16 heavy (non-hydrogen) atoms. The van der Waals surface area contributed by atoms with Crippen LogP contribution in [0, 0.1) is 0 Å². The molecule has 0 spiro atoms. The van der Waals surface area contributed by atoms with Crippen LogP contribution in [0.15, 0.2) is 18.5 Å². The molecule has 5 nitrogen and oxygen atoms in total. The third-order valence-corrected chi connectivity index (χ3v) is 2.94. The quantitative estimate of drug-likeness (QED) is 0.704. The maximum Gasteiger partial charge on any atom is 0.185 e. The van der Waals surface area contributed by atoms with Crippen LogP contribution in [0.4, 0.5) is 5.69 Å². The van der Waals surface area contributed by atoms with Gasteiger partial charge in [0.15, 0.2) is 5.12 Å². The van der Waals surface area contributed by atoms with E-state index < -0.39 is 12.2 Å². The number of anilines is 1. The van der Waals surface area contributed by atoms with Gasteiger partial charge in [0.2, 0.25) is 0 Å². The molecular weight excluding hydrogens is 228 g/mol. The number of thioether (sulfide) groups is 1. The first-order valence-corrected chi connectivity index (χ1v) is 5.69. The van der Waals surface area contributed by atoms with E-state index in [9.17, 15) is 15.0 Å². The van der Waals surface area contributed by atoms with E-state index in [0.29, 0.717) is 11.3 Å². The highest BCUT2D eigenvalue weighted by Crippen LogP contribution is 2.23. The van der Waals surface area contributed by atoms with Crippen LogP contribution >= 0.6 is 11.8 Å². The fourth-order valence-electron chi connectivity index (χ4n) is 1.19. The molecular formula is C10H14N2O3S. The number of nitrogens with two attached hydrogens (primary N) is 1. The standard InChI is InChI=1S/C10H14N2O3S/c1-6(13)16-5-9(14)10(15)7-2-3-12-4-8(7)11/h2-4,9-10,14-15H,5,11H2,1H3. The smallest absolute Gasteiger partial charge is 0.185 e. The maximum absolute atomic E-state index is 10.7. The number of nitrogen functional groups attached to an aromatic ring is 1. The Morgan fingerprint density at radius 1 is 1.62 bits per heavy atom. The van der Waals surface area contributed by atoms with Gasteiger partial charge in [-0.2, -0.15) is 0 Å². The fourth-order valence-corrected chi connectivity index (χ4v) is 1.78. The number of aliphatic hydroxyl groups is 2. The topological polar surface area (TPSA) is 96.4 Å². The molecule has 6 heteroatoms. The molecule has 0 aliphatic rings. The molecule has 88 valence electrons. The zero-order chi connectivity index (χ0) is 12.1. The van der Waals surface area contributed by atoms with E-state index in [1.807, 2.05) is 0 Å². The lowest BCUT2D eigenvalue weighted by molar-refractivity contribution is -0.109. The van der Waals surface area contributed by atoms with Gasteiger partial charge in [0.1, 0.15) is 6.10 Å². The Bertz CT molecular complexity index is 373. The molecule has 4 N–H and O–H groups in total. The Morgan fingerprint density at radius 3 is 2.88 bits per heavy atom. The molecule has 2 unspecified atom stereocenters. The Labute approximate surface area is 97.7 Å². The number of rotatable bonds is 4. The van der Waals surface area contributed by atoms with E-state index >= 15 is 0 Å². The van der Waals surface area contributed by atoms with Gasteiger partial charge in [-0.3, -0.25) is 9.78 Å². The summed E-state index contributed by atoms with van der Waals surface area (Å²) in [6.45, 7) is 1.41. The van der Waals surface area contributed by atoms with Gasteiger partial charge in [0, 0.05) is 24.4 Å². The highest BCUT2D eigenvalue weighted by atomic mass is 32.2. The van der Waals surface area contributed by atoms with Crippen LogP contribution in [0.5, 0.6) is 0 Å². The maximum atomic E-state index is 10.7. The molecule has 0 amide bonds. The summed E-state index contributed by atoms with van der Waals surface area (Å²) in [5.74, 6) is 0.137. The summed E-state index contributed by atoms with van der Waals surface area (Å²) in [4.78, 5) is 14.5. The molecule has 0 fully saturated rings. The lowest BCUT2D eigenvalue weighted by atomic mass is 10.1. The summed E-state index contributed by atoms with van der Waals surface area (Å²) in [6.07, 6.45) is 0.761. The average Bonchev–Trinajstić information content (AvgIpc) is 2.25. The predicted molar refractivity (Wildman–Crippen MR) is 62.8 cm³/mol. The molecule has 0 saturated heterocycles. The summed E-state index contributed by atoms with van der Waals surface area (Å²) in [5, 5.41) is 19.3. The van der Waals surface area contributed by atoms with Crippen LogP contribution < -0.4 is 5.73 Å². The summed E-state index contributed by atoms with van der Waals surface area (Å²) in [7, 11) is 0. The minimum Gasteiger partial charge on any atom is -0.397 e. The number of carbonyl (C=O) groups is 1. The molecule has 0 aliphatic carbocycles. The van der Waals surface area contributed by atoms with E-state index in [4.69, 9.17) is 5.73 Å². The van der Waals surface area contributed by atoms with Crippen molar-refractivity contribution in [1.82, 2.24) is 4.98 Å². The van der Waals surface area contributed by atoms with Crippen LogP contribution in [-0.4, -0.2) is 32.2 Å². The van der Waals surface area contributed by atoms with Gasteiger partial charge >= 0.3 is 0 Å². The molecule has 0 bridgehead atoms. The van der Waals surface area contributed by atoms with Crippen LogP contribution in [0.1, 0.15) is 18.6 Å².